The summed E-state index contributed by atoms with van der Waals surface area (Å²) in [6.07, 6.45) is 1.91. The summed E-state index contributed by atoms with van der Waals surface area (Å²) in [7, 11) is 1.70. The highest BCUT2D eigenvalue weighted by Gasteiger charge is 2.06. The summed E-state index contributed by atoms with van der Waals surface area (Å²) >= 11 is 0. The van der Waals surface area contributed by atoms with E-state index in [1.165, 1.54) is 0 Å². The number of hydrogen-bond acceptors (Lipinski definition) is 2. The van der Waals surface area contributed by atoms with E-state index in [0.29, 0.717) is 5.92 Å². The van der Waals surface area contributed by atoms with Gasteiger partial charge < -0.3 is 9.84 Å². The largest absolute Gasteiger partial charge is 0.393 e. The van der Waals surface area contributed by atoms with Gasteiger partial charge in [-0.15, -0.1) is 0 Å². The highest BCUT2D eigenvalue weighted by molar-refractivity contribution is 4.58. The number of methoxy groups -OCH3 is 1. The predicted molar refractivity (Wildman–Crippen MR) is 42.0 cm³/mol. The molecular formula is C8H18O2. The second-order valence-electron chi connectivity index (χ2n) is 2.85. The van der Waals surface area contributed by atoms with Gasteiger partial charge in [-0.1, -0.05) is 6.92 Å². The van der Waals surface area contributed by atoms with Crippen LogP contribution in [0.15, 0.2) is 0 Å². The Morgan fingerprint density at radius 1 is 1.40 bits per heavy atom. The van der Waals surface area contributed by atoms with Gasteiger partial charge in [0.25, 0.3) is 0 Å². The van der Waals surface area contributed by atoms with Gasteiger partial charge in [-0.3, -0.25) is 0 Å². The molecule has 1 N–H and O–H groups in total. The highest BCUT2D eigenvalue weighted by Crippen LogP contribution is 2.09. The van der Waals surface area contributed by atoms with Gasteiger partial charge in [0.1, 0.15) is 0 Å². The number of ether oxygens (including phenoxy) is 1. The monoisotopic (exact) mass is 146 g/mol. The maximum Gasteiger partial charge on any atom is 0.0537 e. The number of hydrogen-bond donors (Lipinski definition) is 1. The van der Waals surface area contributed by atoms with Crippen molar-refractivity contribution in [1.82, 2.24) is 0 Å². The lowest BCUT2D eigenvalue weighted by atomic mass is 10.0. The third kappa shape index (κ3) is 4.77. The zero-order valence-corrected chi connectivity index (χ0v) is 7.13. The fourth-order valence-corrected chi connectivity index (χ4v) is 0.791. The summed E-state index contributed by atoms with van der Waals surface area (Å²) in [5.74, 6) is 0.398. The molecule has 0 heterocycles. The molecule has 0 aromatic rings. The topological polar surface area (TPSA) is 29.5 Å². The highest BCUT2D eigenvalue weighted by atomic mass is 16.5. The molecule has 0 spiro atoms. The van der Waals surface area contributed by atoms with Crippen molar-refractivity contribution in [3.05, 3.63) is 0 Å². The Morgan fingerprint density at radius 2 is 2.00 bits per heavy atom. The Balaban J connectivity index is 3.13. The first kappa shape index (κ1) is 9.92. The van der Waals surface area contributed by atoms with Crippen LogP contribution in [0.5, 0.6) is 0 Å². The van der Waals surface area contributed by atoms with Gasteiger partial charge >= 0.3 is 0 Å². The van der Waals surface area contributed by atoms with Gasteiger partial charge in [-0.25, -0.2) is 0 Å². The quantitative estimate of drug-likeness (QED) is 0.594. The van der Waals surface area contributed by atoms with Gasteiger partial charge in [-0.2, -0.15) is 0 Å². The van der Waals surface area contributed by atoms with Gasteiger partial charge in [0, 0.05) is 13.7 Å². The van der Waals surface area contributed by atoms with E-state index in [4.69, 9.17) is 9.84 Å². The smallest absolute Gasteiger partial charge is 0.0537 e. The molecule has 2 unspecified atom stereocenters. The van der Waals surface area contributed by atoms with E-state index in [-0.39, 0.29) is 6.10 Å². The van der Waals surface area contributed by atoms with Crippen molar-refractivity contribution in [3.8, 4) is 0 Å². The average molecular weight is 146 g/mol. The molecule has 2 heteroatoms. The number of aliphatic hydroxyl groups is 1. The molecule has 2 atom stereocenters. The van der Waals surface area contributed by atoms with Crippen LogP contribution in [0.25, 0.3) is 0 Å². The molecule has 0 aliphatic carbocycles. The van der Waals surface area contributed by atoms with Crippen molar-refractivity contribution >= 4 is 0 Å². The molecule has 0 aliphatic rings. The molecule has 0 aromatic carbocycles. The lowest BCUT2D eigenvalue weighted by Crippen LogP contribution is -2.13. The van der Waals surface area contributed by atoms with E-state index in [1.807, 2.05) is 6.92 Å². The molecule has 10 heavy (non-hydrogen) atoms. The van der Waals surface area contributed by atoms with Gasteiger partial charge in [0.2, 0.25) is 0 Å². The van der Waals surface area contributed by atoms with Crippen molar-refractivity contribution in [3.63, 3.8) is 0 Å². The lowest BCUT2D eigenvalue weighted by molar-refractivity contribution is 0.118. The van der Waals surface area contributed by atoms with Crippen LogP contribution >= 0.6 is 0 Å². The van der Waals surface area contributed by atoms with E-state index >= 15 is 0 Å². The lowest BCUT2D eigenvalue weighted by Gasteiger charge is -2.13. The SMILES string of the molecule is COCCCC(C)C(C)O. The van der Waals surface area contributed by atoms with Crippen molar-refractivity contribution in [2.75, 3.05) is 13.7 Å². The fourth-order valence-electron chi connectivity index (χ4n) is 0.791. The summed E-state index contributed by atoms with van der Waals surface area (Å²) in [4.78, 5) is 0. The maximum atomic E-state index is 9.08. The van der Waals surface area contributed by atoms with E-state index < -0.39 is 0 Å². The van der Waals surface area contributed by atoms with E-state index in [1.54, 1.807) is 7.11 Å². The molecule has 0 aliphatic heterocycles. The fraction of sp³-hybridized carbons (Fsp3) is 1.00. The van der Waals surface area contributed by atoms with Gasteiger partial charge in [-0.05, 0) is 25.7 Å². The van der Waals surface area contributed by atoms with Crippen LogP contribution < -0.4 is 0 Å². The van der Waals surface area contributed by atoms with E-state index in [2.05, 4.69) is 6.92 Å². The molecule has 0 saturated carbocycles. The van der Waals surface area contributed by atoms with Gasteiger partial charge in [0.15, 0.2) is 0 Å². The Hall–Kier alpha value is -0.0800. The second kappa shape index (κ2) is 5.69. The second-order valence-corrected chi connectivity index (χ2v) is 2.85. The molecule has 2 nitrogen and oxygen atoms in total. The van der Waals surface area contributed by atoms with Crippen molar-refractivity contribution in [2.45, 2.75) is 32.8 Å². The van der Waals surface area contributed by atoms with Crippen molar-refractivity contribution in [1.29, 1.82) is 0 Å². The first-order chi connectivity index (χ1) is 4.68. The van der Waals surface area contributed by atoms with Crippen molar-refractivity contribution in [2.24, 2.45) is 5.92 Å². The standard InChI is InChI=1S/C8H18O2/c1-7(8(2)9)5-4-6-10-3/h7-9H,4-6H2,1-3H3. The average Bonchev–Trinajstić information content (AvgIpc) is 1.88. The van der Waals surface area contributed by atoms with Crippen LogP contribution in [0, 0.1) is 5.92 Å². The minimum Gasteiger partial charge on any atom is -0.393 e. The Labute approximate surface area is 63.2 Å². The Kier molecular flexibility index (Phi) is 5.64. The minimum absolute atomic E-state index is 0.183. The third-order valence-corrected chi connectivity index (χ3v) is 1.83. The molecule has 0 rings (SSSR count). The molecule has 0 amide bonds. The third-order valence-electron chi connectivity index (χ3n) is 1.83. The van der Waals surface area contributed by atoms with Crippen LogP contribution in [-0.4, -0.2) is 24.9 Å². The summed E-state index contributed by atoms with van der Waals surface area (Å²) in [6, 6.07) is 0. The van der Waals surface area contributed by atoms with Gasteiger partial charge in [0.05, 0.1) is 6.10 Å². The molecule has 0 radical (unpaired) electrons. The van der Waals surface area contributed by atoms with Crippen LogP contribution in [0.3, 0.4) is 0 Å². The molecule has 0 saturated heterocycles. The summed E-state index contributed by atoms with van der Waals surface area (Å²) in [5.41, 5.74) is 0. The molecule has 0 aromatic heterocycles. The predicted octanol–water partition coefficient (Wildman–Crippen LogP) is 1.43. The molecule has 62 valence electrons. The zero-order valence-electron chi connectivity index (χ0n) is 7.13. The number of rotatable bonds is 5. The van der Waals surface area contributed by atoms with Crippen LogP contribution in [-0.2, 0) is 4.74 Å². The zero-order chi connectivity index (χ0) is 7.98. The van der Waals surface area contributed by atoms with Crippen LogP contribution in [0.4, 0.5) is 0 Å². The Bertz CT molecular complexity index is 71.7. The molecule has 0 bridgehead atoms. The summed E-state index contributed by atoms with van der Waals surface area (Å²) < 4.78 is 4.89. The molecular weight excluding hydrogens is 128 g/mol. The van der Waals surface area contributed by atoms with Crippen molar-refractivity contribution < 1.29 is 9.84 Å². The van der Waals surface area contributed by atoms with E-state index in [0.717, 1.165) is 19.4 Å². The normalized spacial score (nSPS) is 16.8. The minimum atomic E-state index is -0.183. The maximum absolute atomic E-state index is 9.08. The van der Waals surface area contributed by atoms with Crippen LogP contribution in [0.1, 0.15) is 26.7 Å². The Morgan fingerprint density at radius 3 is 2.40 bits per heavy atom. The van der Waals surface area contributed by atoms with E-state index in [9.17, 15) is 0 Å². The summed E-state index contributed by atoms with van der Waals surface area (Å²) in [5, 5.41) is 9.08. The molecule has 0 fully saturated rings. The van der Waals surface area contributed by atoms with Crippen LogP contribution in [0.2, 0.25) is 0 Å². The first-order valence-corrected chi connectivity index (χ1v) is 3.85. The summed E-state index contributed by atoms with van der Waals surface area (Å²) in [6.45, 7) is 4.69. The number of aliphatic hydroxyl groups excluding tert-OH is 1. The first-order valence-electron chi connectivity index (χ1n) is 3.85.